The number of hydrogen-bond donors (Lipinski definition) is 0. The third kappa shape index (κ3) is 9.79. The molecular formula is C17H29N3O3. The predicted molar refractivity (Wildman–Crippen MR) is 93.0 cm³/mol. The zero-order valence-corrected chi connectivity index (χ0v) is 13.6. The molecule has 0 heterocycles. The summed E-state index contributed by atoms with van der Waals surface area (Å²) < 4.78 is 16.2. The molecule has 1 aromatic carbocycles. The normalized spacial score (nSPS) is 10.6. The molecule has 6 heteroatoms. The van der Waals surface area contributed by atoms with E-state index in [1.807, 2.05) is 12.1 Å². The van der Waals surface area contributed by atoms with E-state index in [0.29, 0.717) is 39.6 Å². The average molecular weight is 323 g/mol. The first-order valence-corrected chi connectivity index (χ1v) is 7.44. The third-order valence-electron chi connectivity index (χ3n) is 2.99. The molecule has 130 valence electrons. The molecule has 0 aliphatic rings. The Morgan fingerprint density at radius 1 is 0.957 bits per heavy atom. The fourth-order valence-electron chi connectivity index (χ4n) is 1.74. The largest absolute Gasteiger partial charge is 0.491 e. The summed E-state index contributed by atoms with van der Waals surface area (Å²) >= 11 is 0. The Balaban J connectivity index is 0.00000484. The smallest absolute Gasteiger partial charge is 0.119 e. The van der Waals surface area contributed by atoms with Gasteiger partial charge in [0.1, 0.15) is 12.4 Å². The second-order valence-electron chi connectivity index (χ2n) is 5.80. The highest BCUT2D eigenvalue weighted by atomic mass is 16.5. The molecule has 0 bridgehead atoms. The zero-order valence-electron chi connectivity index (χ0n) is 13.6. The molecule has 0 unspecified atom stereocenters. The second-order valence-corrected chi connectivity index (χ2v) is 5.80. The molecule has 0 fully saturated rings. The maximum absolute atomic E-state index is 8.08. The van der Waals surface area contributed by atoms with E-state index in [2.05, 4.69) is 42.9 Å². The molecule has 0 amide bonds. The number of azide groups is 1. The van der Waals surface area contributed by atoms with Crippen LogP contribution in [0.25, 0.3) is 10.4 Å². The van der Waals surface area contributed by atoms with Gasteiger partial charge in [-0.2, -0.15) is 0 Å². The quantitative estimate of drug-likeness (QED) is 0.278. The van der Waals surface area contributed by atoms with Crippen LogP contribution >= 0.6 is 0 Å². The molecule has 0 aromatic heterocycles. The Bertz CT molecular complexity index is 463. The summed E-state index contributed by atoms with van der Waals surface area (Å²) in [7, 11) is 0. The molecule has 0 N–H and O–H groups in total. The summed E-state index contributed by atoms with van der Waals surface area (Å²) in [6.07, 6.45) is 0. The van der Waals surface area contributed by atoms with E-state index in [0.717, 1.165) is 5.75 Å². The number of hydrogen-bond acceptors (Lipinski definition) is 4. The molecule has 1 aromatic rings. The molecule has 1 rings (SSSR count). The lowest BCUT2D eigenvalue weighted by Gasteiger charge is -2.19. The second kappa shape index (κ2) is 11.8. The molecule has 6 nitrogen and oxygen atoms in total. The standard InChI is InChI=1S/C16H25N3O3.CH4/c1-16(2,3)14-4-6-15(7-5-14)22-13-12-21-11-10-20-9-8-18-19-17;/h4-7H,8-13H2,1-3H3;1H4. The molecule has 0 aliphatic heterocycles. The summed E-state index contributed by atoms with van der Waals surface area (Å²) in [6, 6.07) is 8.15. The van der Waals surface area contributed by atoms with Crippen molar-refractivity contribution in [2.45, 2.75) is 33.6 Å². The van der Waals surface area contributed by atoms with Crippen LogP contribution in [-0.4, -0.2) is 39.6 Å². The topological polar surface area (TPSA) is 76.5 Å². The van der Waals surface area contributed by atoms with Crippen LogP contribution < -0.4 is 4.74 Å². The lowest BCUT2D eigenvalue weighted by molar-refractivity contribution is 0.0388. The first kappa shape index (κ1) is 21.2. The Hall–Kier alpha value is -1.75. The van der Waals surface area contributed by atoms with Gasteiger partial charge in [-0.1, -0.05) is 45.4 Å². The van der Waals surface area contributed by atoms with Gasteiger partial charge in [0.15, 0.2) is 0 Å². The maximum Gasteiger partial charge on any atom is 0.119 e. The summed E-state index contributed by atoms with van der Waals surface area (Å²) in [6.45, 7) is 9.34. The van der Waals surface area contributed by atoms with Gasteiger partial charge in [0.2, 0.25) is 0 Å². The maximum atomic E-state index is 8.08. The molecule has 0 atom stereocenters. The van der Waals surface area contributed by atoms with Gasteiger partial charge in [-0.3, -0.25) is 0 Å². The van der Waals surface area contributed by atoms with Crippen LogP contribution in [0.5, 0.6) is 5.75 Å². The lowest BCUT2D eigenvalue weighted by atomic mass is 9.87. The van der Waals surface area contributed by atoms with E-state index in [1.54, 1.807) is 0 Å². The zero-order chi connectivity index (χ0) is 16.3. The van der Waals surface area contributed by atoms with Crippen LogP contribution in [0, 0.1) is 0 Å². The monoisotopic (exact) mass is 323 g/mol. The number of ether oxygens (including phenoxy) is 3. The molecule has 0 saturated heterocycles. The fourth-order valence-corrected chi connectivity index (χ4v) is 1.74. The van der Waals surface area contributed by atoms with Crippen molar-refractivity contribution in [3.63, 3.8) is 0 Å². The minimum Gasteiger partial charge on any atom is -0.491 e. The summed E-state index contributed by atoms with van der Waals surface area (Å²) in [4.78, 5) is 2.64. The Kier molecular flexibility index (Phi) is 10.9. The Morgan fingerprint density at radius 3 is 2.09 bits per heavy atom. The van der Waals surface area contributed by atoms with Crippen molar-refractivity contribution in [2.24, 2.45) is 5.11 Å². The van der Waals surface area contributed by atoms with Crippen LogP contribution in [-0.2, 0) is 14.9 Å². The van der Waals surface area contributed by atoms with Crippen molar-refractivity contribution >= 4 is 0 Å². The fraction of sp³-hybridized carbons (Fsp3) is 0.647. The van der Waals surface area contributed by atoms with E-state index in [-0.39, 0.29) is 12.8 Å². The van der Waals surface area contributed by atoms with Gasteiger partial charge in [-0.15, -0.1) is 0 Å². The Labute approximate surface area is 139 Å². The minimum atomic E-state index is 0. The molecular weight excluding hydrogens is 294 g/mol. The van der Waals surface area contributed by atoms with Crippen LogP contribution in [0.15, 0.2) is 29.4 Å². The van der Waals surface area contributed by atoms with Crippen LogP contribution in [0.3, 0.4) is 0 Å². The Morgan fingerprint density at radius 2 is 1.52 bits per heavy atom. The first-order valence-electron chi connectivity index (χ1n) is 7.44. The van der Waals surface area contributed by atoms with Gasteiger partial charge in [0.05, 0.1) is 26.4 Å². The van der Waals surface area contributed by atoms with Gasteiger partial charge >= 0.3 is 0 Å². The van der Waals surface area contributed by atoms with Gasteiger partial charge in [-0.05, 0) is 28.6 Å². The SMILES string of the molecule is C.CC(C)(C)c1ccc(OCCOCCOCCN=[N+]=[N-])cc1. The van der Waals surface area contributed by atoms with Gasteiger partial charge in [0.25, 0.3) is 0 Å². The van der Waals surface area contributed by atoms with Crippen molar-refractivity contribution < 1.29 is 14.2 Å². The van der Waals surface area contributed by atoms with Crippen molar-refractivity contribution in [2.75, 3.05) is 39.6 Å². The van der Waals surface area contributed by atoms with Gasteiger partial charge in [-0.25, -0.2) is 0 Å². The molecule has 0 spiro atoms. The van der Waals surface area contributed by atoms with Crippen LogP contribution in [0.1, 0.15) is 33.8 Å². The first-order chi connectivity index (χ1) is 10.5. The van der Waals surface area contributed by atoms with Crippen molar-refractivity contribution in [1.82, 2.24) is 0 Å². The molecule has 23 heavy (non-hydrogen) atoms. The summed E-state index contributed by atoms with van der Waals surface area (Å²) in [5, 5.41) is 3.37. The van der Waals surface area contributed by atoms with E-state index in [9.17, 15) is 0 Å². The van der Waals surface area contributed by atoms with Gasteiger partial charge < -0.3 is 14.2 Å². The number of benzene rings is 1. The number of rotatable bonds is 10. The van der Waals surface area contributed by atoms with E-state index in [1.165, 1.54) is 5.56 Å². The van der Waals surface area contributed by atoms with Crippen molar-refractivity contribution in [3.8, 4) is 5.75 Å². The highest BCUT2D eigenvalue weighted by Crippen LogP contribution is 2.24. The molecule has 0 radical (unpaired) electrons. The van der Waals surface area contributed by atoms with Crippen LogP contribution in [0.2, 0.25) is 0 Å². The third-order valence-corrected chi connectivity index (χ3v) is 2.99. The summed E-state index contributed by atoms with van der Waals surface area (Å²) in [5.41, 5.74) is 9.52. The predicted octanol–water partition coefficient (Wildman–Crippen LogP) is 4.34. The van der Waals surface area contributed by atoms with Crippen molar-refractivity contribution in [3.05, 3.63) is 40.3 Å². The van der Waals surface area contributed by atoms with Gasteiger partial charge in [0, 0.05) is 11.5 Å². The van der Waals surface area contributed by atoms with E-state index >= 15 is 0 Å². The molecule has 0 aliphatic carbocycles. The highest BCUT2D eigenvalue weighted by molar-refractivity contribution is 5.31. The van der Waals surface area contributed by atoms with Crippen molar-refractivity contribution in [1.29, 1.82) is 0 Å². The lowest BCUT2D eigenvalue weighted by Crippen LogP contribution is -2.12. The highest BCUT2D eigenvalue weighted by Gasteiger charge is 2.12. The average Bonchev–Trinajstić information content (AvgIpc) is 2.49. The number of nitrogens with zero attached hydrogens (tertiary/aromatic N) is 3. The van der Waals surface area contributed by atoms with E-state index < -0.39 is 0 Å². The molecule has 0 saturated carbocycles. The van der Waals surface area contributed by atoms with E-state index in [4.69, 9.17) is 19.7 Å². The van der Waals surface area contributed by atoms with Crippen LogP contribution in [0.4, 0.5) is 0 Å². The minimum absolute atomic E-state index is 0. The summed E-state index contributed by atoms with van der Waals surface area (Å²) in [5.74, 6) is 0.849.